The smallest absolute Gasteiger partial charge is 0.368 e. The van der Waals surface area contributed by atoms with E-state index in [2.05, 4.69) is 0 Å². The van der Waals surface area contributed by atoms with Crippen LogP contribution in [0.15, 0.2) is 53.4 Å². The summed E-state index contributed by atoms with van der Waals surface area (Å²) >= 11 is 0. The number of sulfone groups is 1. The first-order valence-electron chi connectivity index (χ1n) is 11.2. The van der Waals surface area contributed by atoms with Crippen LogP contribution in [0.5, 0.6) is 0 Å². The number of rotatable bonds is 9. The summed E-state index contributed by atoms with van der Waals surface area (Å²) < 4.78 is 66.9. The number of hydrogen-bond acceptors (Lipinski definition) is 5. The van der Waals surface area contributed by atoms with Gasteiger partial charge >= 0.3 is 6.18 Å². The molecule has 1 saturated carbocycles. The zero-order chi connectivity index (χ0) is 26.2. The molecule has 0 radical (unpaired) electrons. The van der Waals surface area contributed by atoms with Crippen LogP contribution < -0.4 is 5.73 Å². The average molecular weight is 508 g/mol. The number of carbonyl (C=O) groups is 1. The maximum atomic E-state index is 14.5. The van der Waals surface area contributed by atoms with Crippen molar-refractivity contribution in [2.45, 2.75) is 61.8 Å². The van der Waals surface area contributed by atoms with E-state index in [1.54, 1.807) is 26.0 Å². The van der Waals surface area contributed by atoms with E-state index in [9.17, 15) is 31.6 Å². The zero-order valence-corrected chi connectivity index (χ0v) is 20.5. The van der Waals surface area contributed by atoms with Gasteiger partial charge in [0.05, 0.1) is 17.0 Å². The molecule has 3 rings (SSSR count). The molecule has 1 aliphatic carbocycles. The number of nitrogens with zero attached hydrogens (tertiary/aromatic N) is 2. The van der Waals surface area contributed by atoms with Crippen LogP contribution in [0.4, 0.5) is 13.2 Å². The molecule has 0 aromatic heterocycles. The van der Waals surface area contributed by atoms with E-state index in [1.807, 2.05) is 6.07 Å². The minimum atomic E-state index is -4.77. The van der Waals surface area contributed by atoms with E-state index in [0.717, 1.165) is 11.2 Å². The van der Waals surface area contributed by atoms with Crippen molar-refractivity contribution < 1.29 is 26.4 Å². The molecule has 0 spiro atoms. The highest BCUT2D eigenvalue weighted by molar-refractivity contribution is 7.90. The number of hydrogen-bond donors (Lipinski definition) is 1. The molecule has 2 aromatic carbocycles. The van der Waals surface area contributed by atoms with Gasteiger partial charge in [-0.15, -0.1) is 0 Å². The number of amides is 1. The lowest BCUT2D eigenvalue weighted by Crippen LogP contribution is -2.56. The van der Waals surface area contributed by atoms with Gasteiger partial charge in [0.2, 0.25) is 5.91 Å². The van der Waals surface area contributed by atoms with Crippen molar-refractivity contribution >= 4 is 15.7 Å². The first-order chi connectivity index (χ1) is 16.2. The Morgan fingerprint density at radius 1 is 1.09 bits per heavy atom. The number of nitriles is 1. The van der Waals surface area contributed by atoms with Crippen LogP contribution >= 0.6 is 0 Å². The monoisotopic (exact) mass is 507 g/mol. The summed E-state index contributed by atoms with van der Waals surface area (Å²) in [6, 6.07) is 10.3. The van der Waals surface area contributed by atoms with Crippen LogP contribution in [0.2, 0.25) is 0 Å². The van der Waals surface area contributed by atoms with E-state index in [-0.39, 0.29) is 35.6 Å². The molecule has 0 saturated heterocycles. The number of halogens is 3. The van der Waals surface area contributed by atoms with Crippen LogP contribution in [0.3, 0.4) is 0 Å². The molecule has 0 aliphatic heterocycles. The van der Waals surface area contributed by atoms with Gasteiger partial charge in [-0.1, -0.05) is 50.2 Å². The quantitative estimate of drug-likeness (QED) is 0.533. The third kappa shape index (κ3) is 5.85. The lowest BCUT2D eigenvalue weighted by molar-refractivity contribution is -0.200. The second-order valence-electron chi connectivity index (χ2n) is 9.46. The Labute approximate surface area is 203 Å². The van der Waals surface area contributed by atoms with Gasteiger partial charge in [0, 0.05) is 6.26 Å². The molecule has 2 atom stereocenters. The van der Waals surface area contributed by atoms with Crippen molar-refractivity contribution in [2.75, 3.05) is 6.26 Å². The van der Waals surface area contributed by atoms with E-state index < -0.39 is 39.5 Å². The molecule has 35 heavy (non-hydrogen) atoms. The third-order valence-electron chi connectivity index (χ3n) is 6.22. The van der Waals surface area contributed by atoms with Crippen molar-refractivity contribution in [3.05, 3.63) is 54.1 Å². The zero-order valence-electron chi connectivity index (χ0n) is 19.7. The largest absolute Gasteiger partial charge is 0.408 e. The Bertz CT molecular complexity index is 1210. The minimum Gasteiger partial charge on any atom is -0.368 e. The standard InChI is InChI=1S/C25H28F3N3O3S/c1-16(2)14-21(23(30)32)31(24(15-29)12-13-24)22(25(26,27)28)19-6-4-17(5-7-19)18-8-10-20(11-9-18)35(3,33)34/h4-11,16,21-22H,12-14H2,1-3H3,(H2,30,32)/t21-,22-/m0/s1. The fraction of sp³-hybridized carbons (Fsp3) is 0.440. The minimum absolute atomic E-state index is 0.0934. The summed E-state index contributed by atoms with van der Waals surface area (Å²) in [4.78, 5) is 13.4. The van der Waals surface area contributed by atoms with Gasteiger partial charge in [-0.3, -0.25) is 9.69 Å². The number of benzene rings is 2. The Kier molecular flexibility index (Phi) is 7.34. The molecule has 6 nitrogen and oxygen atoms in total. The molecule has 0 bridgehead atoms. The van der Waals surface area contributed by atoms with Gasteiger partial charge in [0.25, 0.3) is 0 Å². The normalized spacial score (nSPS) is 17.1. The number of primary amides is 1. The predicted molar refractivity (Wildman–Crippen MR) is 126 cm³/mol. The van der Waals surface area contributed by atoms with Gasteiger partial charge in [0.15, 0.2) is 9.84 Å². The summed E-state index contributed by atoms with van der Waals surface area (Å²) in [5.41, 5.74) is 5.28. The van der Waals surface area contributed by atoms with Crippen LogP contribution in [0, 0.1) is 17.2 Å². The molecule has 2 N–H and O–H groups in total. The molecule has 0 heterocycles. The Balaban J connectivity index is 2.05. The Morgan fingerprint density at radius 3 is 1.91 bits per heavy atom. The second-order valence-corrected chi connectivity index (χ2v) is 11.5. The lowest BCUT2D eigenvalue weighted by atomic mass is 9.93. The number of carbonyl (C=O) groups excluding carboxylic acids is 1. The molecular weight excluding hydrogens is 479 g/mol. The third-order valence-corrected chi connectivity index (χ3v) is 7.34. The van der Waals surface area contributed by atoms with Gasteiger partial charge < -0.3 is 5.73 Å². The van der Waals surface area contributed by atoms with E-state index in [0.29, 0.717) is 11.1 Å². The first kappa shape index (κ1) is 26.7. The van der Waals surface area contributed by atoms with Gasteiger partial charge in [-0.2, -0.15) is 18.4 Å². The SMILES string of the molecule is CC(C)C[C@@H](C(N)=O)N([C@@H](c1ccc(-c2ccc(S(C)(=O)=O)cc2)cc1)C(F)(F)F)C1(C#N)CC1. The van der Waals surface area contributed by atoms with Crippen molar-refractivity contribution in [1.82, 2.24) is 4.90 Å². The predicted octanol–water partition coefficient (Wildman–Crippen LogP) is 4.62. The van der Waals surface area contributed by atoms with Crippen molar-refractivity contribution in [2.24, 2.45) is 11.7 Å². The van der Waals surface area contributed by atoms with Crippen LogP contribution in [-0.2, 0) is 14.6 Å². The molecule has 188 valence electrons. The van der Waals surface area contributed by atoms with Crippen molar-refractivity contribution in [3.63, 3.8) is 0 Å². The number of alkyl halides is 3. The molecule has 10 heteroatoms. The maximum Gasteiger partial charge on any atom is 0.408 e. The van der Waals surface area contributed by atoms with Crippen LogP contribution in [0.25, 0.3) is 11.1 Å². The summed E-state index contributed by atoms with van der Waals surface area (Å²) in [7, 11) is -3.37. The first-order valence-corrected chi connectivity index (χ1v) is 13.0. The Hall–Kier alpha value is -2.90. The highest BCUT2D eigenvalue weighted by atomic mass is 32.2. The Morgan fingerprint density at radius 2 is 1.57 bits per heavy atom. The van der Waals surface area contributed by atoms with Crippen LogP contribution in [-0.4, -0.2) is 43.2 Å². The van der Waals surface area contributed by atoms with E-state index in [4.69, 9.17) is 5.73 Å². The van der Waals surface area contributed by atoms with Gasteiger partial charge in [-0.05, 0) is 54.0 Å². The molecule has 1 fully saturated rings. The topological polar surface area (TPSA) is 104 Å². The highest BCUT2D eigenvalue weighted by Gasteiger charge is 2.60. The maximum absolute atomic E-state index is 14.5. The summed E-state index contributed by atoms with van der Waals surface area (Å²) in [5, 5.41) is 9.77. The fourth-order valence-electron chi connectivity index (χ4n) is 4.34. The summed E-state index contributed by atoms with van der Waals surface area (Å²) in [6.45, 7) is 3.57. The van der Waals surface area contributed by atoms with E-state index >= 15 is 0 Å². The van der Waals surface area contributed by atoms with Gasteiger partial charge in [0.1, 0.15) is 11.6 Å². The second kappa shape index (κ2) is 9.63. The van der Waals surface area contributed by atoms with E-state index in [1.165, 1.54) is 36.4 Å². The van der Waals surface area contributed by atoms with Crippen LogP contribution in [0.1, 0.15) is 44.7 Å². The molecule has 1 amide bonds. The van der Waals surface area contributed by atoms with Crippen molar-refractivity contribution in [3.8, 4) is 17.2 Å². The fourth-order valence-corrected chi connectivity index (χ4v) is 4.98. The van der Waals surface area contributed by atoms with Crippen molar-refractivity contribution in [1.29, 1.82) is 5.26 Å². The summed E-state index contributed by atoms with van der Waals surface area (Å²) in [6.07, 6.45) is -3.14. The summed E-state index contributed by atoms with van der Waals surface area (Å²) in [5.74, 6) is -1.01. The average Bonchev–Trinajstić information content (AvgIpc) is 3.56. The molecular formula is C25H28F3N3O3S. The molecule has 0 unspecified atom stereocenters. The lowest BCUT2D eigenvalue weighted by Gasteiger charge is -2.41. The molecule has 2 aromatic rings. The molecule has 1 aliphatic rings. The highest BCUT2D eigenvalue weighted by Crippen LogP contribution is 2.52. The number of nitrogens with two attached hydrogens (primary N) is 1. The van der Waals surface area contributed by atoms with Gasteiger partial charge in [-0.25, -0.2) is 8.42 Å².